The minimum atomic E-state index is -0.617. The average molecular weight is 380 g/mol. The highest BCUT2D eigenvalue weighted by Gasteiger charge is 2.15. The van der Waals surface area contributed by atoms with Gasteiger partial charge in [-0.3, -0.25) is 4.79 Å². The van der Waals surface area contributed by atoms with Crippen molar-refractivity contribution in [2.45, 2.75) is 11.3 Å². The van der Waals surface area contributed by atoms with Gasteiger partial charge in [0.05, 0.1) is 31.1 Å². The van der Waals surface area contributed by atoms with Crippen LogP contribution in [0.5, 0.6) is 0 Å². The van der Waals surface area contributed by atoms with Crippen molar-refractivity contribution < 1.29 is 23.9 Å². The van der Waals surface area contributed by atoms with E-state index < -0.39 is 11.9 Å². The molecule has 0 saturated heterocycles. The van der Waals surface area contributed by atoms with Crippen LogP contribution in [-0.4, -0.2) is 42.8 Å². The quantitative estimate of drug-likeness (QED) is 0.608. The zero-order valence-electron chi connectivity index (χ0n) is 13.8. The Morgan fingerprint density at radius 2 is 1.72 bits per heavy atom. The normalized spacial score (nSPS) is 10.2. The van der Waals surface area contributed by atoms with Crippen molar-refractivity contribution >= 4 is 46.6 Å². The third-order valence-electron chi connectivity index (χ3n) is 2.98. The number of benzene rings is 1. The third-order valence-corrected chi connectivity index (χ3v) is 5.12. The summed E-state index contributed by atoms with van der Waals surface area (Å²) in [6.07, 6.45) is 0. The van der Waals surface area contributed by atoms with Gasteiger partial charge in [-0.25, -0.2) is 14.6 Å². The number of thioether (sulfide) groups is 1. The van der Waals surface area contributed by atoms with Crippen LogP contribution in [0.1, 0.15) is 26.4 Å². The van der Waals surface area contributed by atoms with E-state index in [0.717, 1.165) is 10.0 Å². The molecule has 0 fully saturated rings. The Bertz CT molecular complexity index is 769. The molecule has 0 bridgehead atoms. The molecular formula is C16H16N2O5S2. The second-order valence-electron chi connectivity index (χ2n) is 4.87. The van der Waals surface area contributed by atoms with Crippen LogP contribution < -0.4 is 5.32 Å². The first kappa shape index (κ1) is 18.9. The number of aryl methyl sites for hydroxylation is 1. The Balaban J connectivity index is 2.12. The van der Waals surface area contributed by atoms with Crippen LogP contribution in [0.15, 0.2) is 27.9 Å². The second kappa shape index (κ2) is 8.63. The van der Waals surface area contributed by atoms with Crippen molar-refractivity contribution in [2.75, 3.05) is 25.3 Å². The fraction of sp³-hybridized carbons (Fsp3) is 0.250. The van der Waals surface area contributed by atoms with Crippen LogP contribution in [-0.2, 0) is 14.3 Å². The SMILES string of the molecule is COC(=O)c1cc(NC(=O)CSc2nc(C)cs2)cc(C(=O)OC)c1. The molecule has 1 aromatic carbocycles. The van der Waals surface area contributed by atoms with Gasteiger partial charge in [0, 0.05) is 16.8 Å². The highest BCUT2D eigenvalue weighted by Crippen LogP contribution is 2.23. The summed E-state index contributed by atoms with van der Waals surface area (Å²) in [6.45, 7) is 1.88. The predicted octanol–water partition coefficient (Wildman–Crippen LogP) is 2.76. The second-order valence-corrected chi connectivity index (χ2v) is 6.95. The molecule has 2 rings (SSSR count). The number of nitrogens with zero attached hydrogens (tertiary/aromatic N) is 1. The summed E-state index contributed by atoms with van der Waals surface area (Å²) in [5, 5.41) is 4.56. The first-order chi connectivity index (χ1) is 11.9. The predicted molar refractivity (Wildman–Crippen MR) is 95.3 cm³/mol. The fourth-order valence-corrected chi connectivity index (χ4v) is 3.54. The minimum absolute atomic E-state index is 0.143. The number of aromatic nitrogens is 1. The maximum atomic E-state index is 12.1. The van der Waals surface area contributed by atoms with Crippen LogP contribution >= 0.6 is 23.1 Å². The molecule has 0 saturated carbocycles. The molecule has 1 N–H and O–H groups in total. The summed E-state index contributed by atoms with van der Waals surface area (Å²) in [5.74, 6) is -1.36. The summed E-state index contributed by atoms with van der Waals surface area (Å²) < 4.78 is 10.1. The van der Waals surface area contributed by atoms with Crippen molar-refractivity contribution in [3.63, 3.8) is 0 Å². The number of rotatable bonds is 6. The monoisotopic (exact) mass is 380 g/mol. The van der Waals surface area contributed by atoms with Crippen molar-refractivity contribution in [1.82, 2.24) is 4.98 Å². The summed E-state index contributed by atoms with van der Waals surface area (Å²) in [7, 11) is 2.47. The minimum Gasteiger partial charge on any atom is -0.465 e. The Hall–Kier alpha value is -2.39. The first-order valence-corrected chi connectivity index (χ1v) is 8.96. The molecule has 0 aliphatic carbocycles. The van der Waals surface area contributed by atoms with Gasteiger partial charge in [-0.15, -0.1) is 11.3 Å². The molecule has 132 valence electrons. The number of nitrogens with one attached hydrogen (secondary N) is 1. The Kier molecular flexibility index (Phi) is 6.54. The number of carbonyl (C=O) groups is 3. The van der Waals surface area contributed by atoms with Crippen LogP contribution in [0.2, 0.25) is 0 Å². The lowest BCUT2D eigenvalue weighted by molar-refractivity contribution is -0.113. The van der Waals surface area contributed by atoms with E-state index in [2.05, 4.69) is 19.8 Å². The molecule has 0 unspecified atom stereocenters. The highest BCUT2D eigenvalue weighted by atomic mass is 32.2. The van der Waals surface area contributed by atoms with Crippen LogP contribution in [0.25, 0.3) is 0 Å². The number of hydrogen-bond acceptors (Lipinski definition) is 8. The van der Waals surface area contributed by atoms with E-state index in [0.29, 0.717) is 5.69 Å². The van der Waals surface area contributed by atoms with Crippen molar-refractivity contribution in [3.05, 3.63) is 40.4 Å². The van der Waals surface area contributed by atoms with Gasteiger partial charge in [0.25, 0.3) is 0 Å². The third kappa shape index (κ3) is 5.30. The number of carbonyl (C=O) groups excluding carboxylic acids is 3. The zero-order chi connectivity index (χ0) is 18.4. The molecule has 0 aliphatic heterocycles. The molecule has 0 aliphatic rings. The number of ether oxygens (including phenoxy) is 2. The van der Waals surface area contributed by atoms with E-state index in [1.54, 1.807) is 0 Å². The number of esters is 2. The van der Waals surface area contributed by atoms with Gasteiger partial charge in [-0.2, -0.15) is 0 Å². The Morgan fingerprint density at radius 1 is 1.12 bits per heavy atom. The fourth-order valence-electron chi connectivity index (χ4n) is 1.89. The molecule has 2 aromatic rings. The van der Waals surface area contributed by atoms with Crippen LogP contribution in [0.4, 0.5) is 5.69 Å². The van der Waals surface area contributed by atoms with Crippen molar-refractivity contribution in [1.29, 1.82) is 0 Å². The van der Waals surface area contributed by atoms with Crippen molar-refractivity contribution in [3.8, 4) is 0 Å². The van der Waals surface area contributed by atoms with E-state index in [1.165, 1.54) is 55.5 Å². The molecule has 0 atom stereocenters. The lowest BCUT2D eigenvalue weighted by atomic mass is 10.1. The van der Waals surface area contributed by atoms with Gasteiger partial charge < -0.3 is 14.8 Å². The Labute approximate surface area is 152 Å². The summed E-state index contributed by atoms with van der Waals surface area (Å²) >= 11 is 2.78. The molecule has 7 nitrogen and oxygen atoms in total. The molecule has 0 radical (unpaired) electrons. The van der Waals surface area contributed by atoms with Gasteiger partial charge in [-0.05, 0) is 25.1 Å². The van der Waals surface area contributed by atoms with E-state index in [-0.39, 0.29) is 22.8 Å². The summed E-state index contributed by atoms with van der Waals surface area (Å²) in [5.41, 5.74) is 1.50. The number of methoxy groups -OCH3 is 2. The van der Waals surface area contributed by atoms with Gasteiger partial charge in [0.2, 0.25) is 5.91 Å². The molecule has 9 heteroatoms. The summed E-state index contributed by atoms with van der Waals surface area (Å²) in [4.78, 5) is 39.8. The number of thiazole rings is 1. The lowest BCUT2D eigenvalue weighted by Gasteiger charge is -2.09. The number of hydrogen-bond donors (Lipinski definition) is 1. The number of anilines is 1. The maximum absolute atomic E-state index is 12.1. The topological polar surface area (TPSA) is 94.6 Å². The van der Waals surface area contributed by atoms with Crippen molar-refractivity contribution in [2.24, 2.45) is 0 Å². The van der Waals surface area contributed by atoms with E-state index in [1.807, 2.05) is 12.3 Å². The molecule has 1 amide bonds. The van der Waals surface area contributed by atoms with Gasteiger partial charge in [0.15, 0.2) is 4.34 Å². The van der Waals surface area contributed by atoms with Gasteiger partial charge in [0.1, 0.15) is 0 Å². The Morgan fingerprint density at radius 3 is 2.20 bits per heavy atom. The molecule has 25 heavy (non-hydrogen) atoms. The standard InChI is InChI=1S/C16H16N2O5S2/c1-9-7-24-16(17-9)25-8-13(19)18-12-5-10(14(20)22-2)4-11(6-12)15(21)23-3/h4-7H,8H2,1-3H3,(H,18,19). The van der Waals surface area contributed by atoms with Gasteiger partial charge in [-0.1, -0.05) is 11.8 Å². The van der Waals surface area contributed by atoms with E-state index in [4.69, 9.17) is 0 Å². The van der Waals surface area contributed by atoms with E-state index in [9.17, 15) is 14.4 Å². The zero-order valence-corrected chi connectivity index (χ0v) is 15.5. The highest BCUT2D eigenvalue weighted by molar-refractivity contribution is 8.01. The smallest absolute Gasteiger partial charge is 0.337 e. The lowest BCUT2D eigenvalue weighted by Crippen LogP contribution is -2.16. The van der Waals surface area contributed by atoms with Gasteiger partial charge >= 0.3 is 11.9 Å². The van der Waals surface area contributed by atoms with E-state index >= 15 is 0 Å². The largest absolute Gasteiger partial charge is 0.465 e. The molecule has 1 aromatic heterocycles. The molecule has 1 heterocycles. The number of amides is 1. The molecular weight excluding hydrogens is 364 g/mol. The first-order valence-electron chi connectivity index (χ1n) is 7.09. The van der Waals surface area contributed by atoms with Crippen LogP contribution in [0.3, 0.4) is 0 Å². The summed E-state index contributed by atoms with van der Waals surface area (Å²) in [6, 6.07) is 4.23. The average Bonchev–Trinajstić information content (AvgIpc) is 3.03. The van der Waals surface area contributed by atoms with Crippen LogP contribution in [0, 0.1) is 6.92 Å². The molecule has 0 spiro atoms. The maximum Gasteiger partial charge on any atom is 0.337 e.